The molecule has 0 aliphatic rings. The third-order valence-corrected chi connectivity index (χ3v) is 3.31. The maximum Gasteiger partial charge on any atom is 0.305 e. The van der Waals surface area contributed by atoms with E-state index in [9.17, 15) is 9.18 Å². The Hall–Kier alpha value is -1.58. The minimum absolute atomic E-state index is 0. The summed E-state index contributed by atoms with van der Waals surface area (Å²) in [6.45, 7) is 5.76. The Kier molecular flexibility index (Phi) is 13.7. The molecule has 148 valence electrons. The molecular weight excluding hydrogens is 452 g/mol. The number of unbranched alkanes of at least 4 members (excludes halogenated alkanes) is 1. The van der Waals surface area contributed by atoms with E-state index < -0.39 is 0 Å². The highest BCUT2D eigenvalue weighted by Gasteiger charge is 2.06. The van der Waals surface area contributed by atoms with E-state index in [1.165, 1.54) is 19.2 Å². The lowest BCUT2D eigenvalue weighted by molar-refractivity contribution is -0.140. The zero-order valence-electron chi connectivity index (χ0n) is 15.6. The lowest BCUT2D eigenvalue weighted by Gasteiger charge is -2.15. The molecule has 0 aliphatic carbocycles. The Labute approximate surface area is 172 Å². The fourth-order valence-electron chi connectivity index (χ4n) is 2.07. The molecule has 8 heteroatoms. The van der Waals surface area contributed by atoms with Gasteiger partial charge in [0.1, 0.15) is 17.7 Å². The van der Waals surface area contributed by atoms with Crippen molar-refractivity contribution < 1.29 is 18.7 Å². The molecule has 1 aromatic rings. The number of hydrogen-bond acceptors (Lipinski definition) is 4. The van der Waals surface area contributed by atoms with Crippen molar-refractivity contribution in [3.8, 4) is 5.75 Å². The van der Waals surface area contributed by atoms with E-state index in [4.69, 9.17) is 4.74 Å². The van der Waals surface area contributed by atoms with E-state index in [-0.39, 0.29) is 41.9 Å². The van der Waals surface area contributed by atoms with Crippen LogP contribution in [-0.2, 0) is 9.53 Å². The van der Waals surface area contributed by atoms with Crippen molar-refractivity contribution in [3.63, 3.8) is 0 Å². The number of guanidine groups is 1. The van der Waals surface area contributed by atoms with Gasteiger partial charge in [0.25, 0.3) is 0 Å². The highest BCUT2D eigenvalue weighted by atomic mass is 127. The summed E-state index contributed by atoms with van der Waals surface area (Å²) in [5, 5.41) is 6.37. The molecule has 0 saturated heterocycles. The van der Waals surface area contributed by atoms with Gasteiger partial charge in [-0.15, -0.1) is 24.0 Å². The maximum atomic E-state index is 13.2. The minimum atomic E-state index is -0.324. The fourth-order valence-corrected chi connectivity index (χ4v) is 2.07. The standard InChI is InChI=1S/C18H28FN3O3.HI/c1-4-20-18(21-11-6-5-10-17(23)24-3)22-13-14(2)25-16-9-7-8-15(19)12-16;/h7-9,12,14H,4-6,10-11,13H2,1-3H3,(H2,20,21,22);1H. The van der Waals surface area contributed by atoms with Crippen LogP contribution < -0.4 is 15.4 Å². The van der Waals surface area contributed by atoms with E-state index in [0.29, 0.717) is 31.2 Å². The number of halogens is 2. The summed E-state index contributed by atoms with van der Waals surface area (Å²) in [7, 11) is 1.39. The van der Waals surface area contributed by atoms with Crippen molar-refractivity contribution in [2.75, 3.05) is 26.7 Å². The Morgan fingerprint density at radius 1 is 1.31 bits per heavy atom. The van der Waals surface area contributed by atoms with Crippen LogP contribution in [0.25, 0.3) is 0 Å². The summed E-state index contributed by atoms with van der Waals surface area (Å²) in [5.74, 6) is 0.665. The molecule has 1 unspecified atom stereocenters. The van der Waals surface area contributed by atoms with Crippen LogP contribution in [0.4, 0.5) is 4.39 Å². The SMILES string of the molecule is CCNC(=NCC(C)Oc1cccc(F)c1)NCCCCC(=O)OC.I. The number of nitrogens with zero attached hydrogens (tertiary/aromatic N) is 1. The van der Waals surface area contributed by atoms with Crippen LogP contribution >= 0.6 is 24.0 Å². The molecule has 0 aliphatic heterocycles. The molecular formula is C18H29FIN3O3. The van der Waals surface area contributed by atoms with Gasteiger partial charge < -0.3 is 20.1 Å². The van der Waals surface area contributed by atoms with Crippen molar-refractivity contribution in [1.82, 2.24) is 10.6 Å². The first kappa shape index (κ1) is 24.4. The number of nitrogens with one attached hydrogen (secondary N) is 2. The van der Waals surface area contributed by atoms with Crippen LogP contribution in [-0.4, -0.2) is 44.8 Å². The van der Waals surface area contributed by atoms with Crippen molar-refractivity contribution in [1.29, 1.82) is 0 Å². The van der Waals surface area contributed by atoms with E-state index in [1.54, 1.807) is 12.1 Å². The van der Waals surface area contributed by atoms with Gasteiger partial charge in [0, 0.05) is 25.6 Å². The van der Waals surface area contributed by atoms with Crippen LogP contribution in [0.3, 0.4) is 0 Å². The first-order valence-electron chi connectivity index (χ1n) is 8.56. The molecule has 0 fully saturated rings. The summed E-state index contributed by atoms with van der Waals surface area (Å²) in [5.41, 5.74) is 0. The summed E-state index contributed by atoms with van der Waals surface area (Å²) in [4.78, 5) is 15.5. The van der Waals surface area contributed by atoms with Gasteiger partial charge in [0.2, 0.25) is 0 Å². The van der Waals surface area contributed by atoms with Crippen molar-refractivity contribution in [3.05, 3.63) is 30.1 Å². The van der Waals surface area contributed by atoms with E-state index >= 15 is 0 Å². The zero-order valence-corrected chi connectivity index (χ0v) is 17.9. The molecule has 0 aromatic heterocycles. The molecule has 1 rings (SSSR count). The van der Waals surface area contributed by atoms with E-state index in [2.05, 4.69) is 20.4 Å². The van der Waals surface area contributed by atoms with Crippen molar-refractivity contribution in [2.24, 2.45) is 4.99 Å². The number of hydrogen-bond donors (Lipinski definition) is 2. The number of ether oxygens (including phenoxy) is 2. The molecule has 26 heavy (non-hydrogen) atoms. The second-order valence-corrected chi connectivity index (χ2v) is 5.57. The first-order valence-corrected chi connectivity index (χ1v) is 8.56. The Morgan fingerprint density at radius 3 is 2.73 bits per heavy atom. The molecule has 0 heterocycles. The number of esters is 1. The first-order chi connectivity index (χ1) is 12.0. The molecule has 6 nitrogen and oxygen atoms in total. The predicted octanol–water partition coefficient (Wildman–Crippen LogP) is 3.11. The number of benzene rings is 1. The Bertz CT molecular complexity index is 558. The topological polar surface area (TPSA) is 72.0 Å². The molecule has 1 atom stereocenters. The zero-order chi connectivity index (χ0) is 18.5. The number of methoxy groups -OCH3 is 1. The average molecular weight is 481 g/mol. The van der Waals surface area contributed by atoms with Crippen LogP contribution in [0.2, 0.25) is 0 Å². The van der Waals surface area contributed by atoms with Gasteiger partial charge in [-0.2, -0.15) is 0 Å². The normalized spacial score (nSPS) is 11.9. The van der Waals surface area contributed by atoms with E-state index in [0.717, 1.165) is 19.4 Å². The largest absolute Gasteiger partial charge is 0.489 e. The average Bonchev–Trinajstić information content (AvgIpc) is 2.59. The monoisotopic (exact) mass is 481 g/mol. The van der Waals surface area contributed by atoms with Gasteiger partial charge in [-0.05, 0) is 38.8 Å². The summed E-state index contributed by atoms with van der Waals surface area (Å²) in [6, 6.07) is 6.06. The third-order valence-electron chi connectivity index (χ3n) is 3.31. The van der Waals surface area contributed by atoms with Gasteiger partial charge in [0.15, 0.2) is 5.96 Å². The molecule has 0 spiro atoms. The third kappa shape index (κ3) is 11.1. The number of rotatable bonds is 10. The molecule has 0 radical (unpaired) electrons. The van der Waals surface area contributed by atoms with Crippen molar-refractivity contribution in [2.45, 2.75) is 39.2 Å². The van der Waals surface area contributed by atoms with Gasteiger partial charge in [-0.3, -0.25) is 4.79 Å². The second-order valence-electron chi connectivity index (χ2n) is 5.57. The predicted molar refractivity (Wildman–Crippen MR) is 112 cm³/mol. The second kappa shape index (κ2) is 14.6. The van der Waals surface area contributed by atoms with Gasteiger partial charge in [-0.25, -0.2) is 9.38 Å². The lowest BCUT2D eigenvalue weighted by atomic mass is 10.2. The van der Waals surface area contributed by atoms with E-state index in [1.807, 2.05) is 13.8 Å². The van der Waals surface area contributed by atoms with Gasteiger partial charge in [0.05, 0.1) is 13.7 Å². The number of aliphatic imine (C=N–C) groups is 1. The smallest absolute Gasteiger partial charge is 0.305 e. The molecule has 1 aromatic carbocycles. The molecule has 0 bridgehead atoms. The highest BCUT2D eigenvalue weighted by Crippen LogP contribution is 2.13. The quantitative estimate of drug-likeness (QED) is 0.177. The van der Waals surface area contributed by atoms with Crippen LogP contribution in [0, 0.1) is 5.82 Å². The fraction of sp³-hybridized carbons (Fsp3) is 0.556. The molecule has 0 saturated carbocycles. The lowest BCUT2D eigenvalue weighted by Crippen LogP contribution is -2.38. The summed E-state index contributed by atoms with van der Waals surface area (Å²) in [6.07, 6.45) is 1.84. The van der Waals surface area contributed by atoms with Gasteiger partial charge >= 0.3 is 5.97 Å². The van der Waals surface area contributed by atoms with Crippen molar-refractivity contribution >= 4 is 35.9 Å². The van der Waals surface area contributed by atoms with Crippen LogP contribution in [0.1, 0.15) is 33.1 Å². The summed E-state index contributed by atoms with van der Waals surface area (Å²) < 4.78 is 23.4. The summed E-state index contributed by atoms with van der Waals surface area (Å²) >= 11 is 0. The van der Waals surface area contributed by atoms with Crippen LogP contribution in [0.15, 0.2) is 29.3 Å². The van der Waals surface area contributed by atoms with Gasteiger partial charge in [-0.1, -0.05) is 6.07 Å². The Balaban J connectivity index is 0.00000625. The van der Waals surface area contributed by atoms with Crippen LogP contribution in [0.5, 0.6) is 5.75 Å². The number of carbonyl (C=O) groups is 1. The number of carbonyl (C=O) groups excluding carboxylic acids is 1. The molecule has 0 amide bonds. The highest BCUT2D eigenvalue weighted by molar-refractivity contribution is 14.0. The maximum absolute atomic E-state index is 13.2. The minimum Gasteiger partial charge on any atom is -0.489 e. The molecule has 2 N–H and O–H groups in total. The Morgan fingerprint density at radius 2 is 2.08 bits per heavy atom.